The van der Waals surface area contributed by atoms with Crippen molar-refractivity contribution in [3.63, 3.8) is 0 Å². The quantitative estimate of drug-likeness (QED) is 0.320. The molecule has 1 aromatic rings. The number of nitrogens with one attached hydrogen (secondary N) is 1. The van der Waals surface area contributed by atoms with Crippen molar-refractivity contribution in [2.75, 3.05) is 36.4 Å². The first-order valence-corrected chi connectivity index (χ1v) is 13.1. The minimum Gasteiger partial charge on any atom is -0.368 e. The lowest BCUT2D eigenvalue weighted by atomic mass is 10.1. The molecule has 5 heteroatoms. The Morgan fingerprint density at radius 1 is 0.719 bits per heavy atom. The standard InChI is InChI=1S/C27H45N3O2/c1-3-5-7-8-9-10-11-12-13-14-26(31)28-24-16-18-25(19-17-24)29-20-22-30(23-21-29)27(32)15-6-4-2/h16-19H,3-15,20-23H2,1-2H3,(H,28,31). The van der Waals surface area contributed by atoms with Crippen molar-refractivity contribution in [2.24, 2.45) is 0 Å². The Labute approximate surface area is 195 Å². The van der Waals surface area contributed by atoms with Crippen LogP contribution in [0.3, 0.4) is 0 Å². The highest BCUT2D eigenvalue weighted by atomic mass is 16.2. The summed E-state index contributed by atoms with van der Waals surface area (Å²) in [7, 11) is 0. The maximum Gasteiger partial charge on any atom is 0.224 e. The van der Waals surface area contributed by atoms with Gasteiger partial charge in [0, 0.05) is 50.4 Å². The van der Waals surface area contributed by atoms with Gasteiger partial charge in [0.05, 0.1) is 0 Å². The summed E-state index contributed by atoms with van der Waals surface area (Å²) in [5, 5.41) is 3.03. The number of hydrogen-bond donors (Lipinski definition) is 1. The molecule has 0 spiro atoms. The lowest BCUT2D eigenvalue weighted by Gasteiger charge is -2.36. The zero-order chi connectivity index (χ0) is 23.0. The van der Waals surface area contributed by atoms with E-state index in [-0.39, 0.29) is 11.8 Å². The molecule has 0 aromatic heterocycles. The molecule has 1 saturated heterocycles. The van der Waals surface area contributed by atoms with Crippen LogP contribution in [-0.2, 0) is 9.59 Å². The van der Waals surface area contributed by atoms with Crippen LogP contribution >= 0.6 is 0 Å². The maximum absolute atomic E-state index is 12.2. The second kappa shape index (κ2) is 15.7. The van der Waals surface area contributed by atoms with Gasteiger partial charge in [-0.1, -0.05) is 71.6 Å². The number of rotatable bonds is 15. The zero-order valence-electron chi connectivity index (χ0n) is 20.5. The lowest BCUT2D eigenvalue weighted by Crippen LogP contribution is -2.48. The molecule has 0 radical (unpaired) electrons. The second-order valence-corrected chi connectivity index (χ2v) is 9.14. The monoisotopic (exact) mass is 443 g/mol. The minimum absolute atomic E-state index is 0.111. The average molecular weight is 444 g/mol. The topological polar surface area (TPSA) is 52.7 Å². The van der Waals surface area contributed by atoms with Gasteiger partial charge in [-0.15, -0.1) is 0 Å². The summed E-state index contributed by atoms with van der Waals surface area (Å²) in [5.74, 6) is 0.399. The molecule has 5 nitrogen and oxygen atoms in total. The van der Waals surface area contributed by atoms with Crippen LogP contribution in [-0.4, -0.2) is 42.9 Å². The molecule has 1 heterocycles. The molecule has 1 fully saturated rings. The molecular formula is C27H45N3O2. The van der Waals surface area contributed by atoms with Crippen LogP contribution in [0.5, 0.6) is 0 Å². The Balaban J connectivity index is 1.60. The van der Waals surface area contributed by atoms with Crippen molar-refractivity contribution in [2.45, 2.75) is 97.3 Å². The van der Waals surface area contributed by atoms with Crippen LogP contribution in [0.15, 0.2) is 24.3 Å². The van der Waals surface area contributed by atoms with Gasteiger partial charge in [0.2, 0.25) is 11.8 Å². The van der Waals surface area contributed by atoms with E-state index in [0.717, 1.165) is 63.2 Å². The summed E-state index contributed by atoms with van der Waals surface area (Å²) in [6.07, 6.45) is 14.7. The highest BCUT2D eigenvalue weighted by Crippen LogP contribution is 2.20. The molecule has 0 bridgehead atoms. The fraction of sp³-hybridized carbons (Fsp3) is 0.704. The summed E-state index contributed by atoms with van der Waals surface area (Å²) >= 11 is 0. The molecule has 1 aromatic carbocycles. The maximum atomic E-state index is 12.2. The molecule has 1 aliphatic heterocycles. The third-order valence-electron chi connectivity index (χ3n) is 6.40. The molecule has 0 saturated carbocycles. The van der Waals surface area contributed by atoms with Gasteiger partial charge < -0.3 is 15.1 Å². The van der Waals surface area contributed by atoms with Gasteiger partial charge in [0.25, 0.3) is 0 Å². The van der Waals surface area contributed by atoms with Crippen LogP contribution < -0.4 is 10.2 Å². The van der Waals surface area contributed by atoms with Crippen LogP contribution in [0.1, 0.15) is 97.3 Å². The van der Waals surface area contributed by atoms with Crippen LogP contribution in [0.4, 0.5) is 11.4 Å². The number of carbonyl (C=O) groups is 2. The van der Waals surface area contributed by atoms with Crippen LogP contribution in [0.25, 0.3) is 0 Å². The Bertz CT molecular complexity index is 651. The summed E-state index contributed by atoms with van der Waals surface area (Å²) in [6.45, 7) is 7.68. The van der Waals surface area contributed by atoms with Crippen LogP contribution in [0.2, 0.25) is 0 Å². The number of benzene rings is 1. The van der Waals surface area contributed by atoms with E-state index in [0.29, 0.717) is 12.8 Å². The SMILES string of the molecule is CCCCCCCCCCCC(=O)Nc1ccc(N2CCN(C(=O)CCCC)CC2)cc1. The van der Waals surface area contributed by atoms with E-state index in [1.54, 1.807) is 0 Å². The van der Waals surface area contributed by atoms with Crippen molar-refractivity contribution in [1.82, 2.24) is 4.90 Å². The summed E-state index contributed by atoms with van der Waals surface area (Å²) in [4.78, 5) is 28.7. The van der Waals surface area contributed by atoms with E-state index < -0.39 is 0 Å². The highest BCUT2D eigenvalue weighted by molar-refractivity contribution is 5.90. The first kappa shape index (κ1) is 26.2. The van der Waals surface area contributed by atoms with Crippen molar-refractivity contribution in [1.29, 1.82) is 0 Å². The van der Waals surface area contributed by atoms with Crippen molar-refractivity contribution in [3.05, 3.63) is 24.3 Å². The first-order chi connectivity index (χ1) is 15.6. The third kappa shape index (κ3) is 10.1. The Kier molecular flexibility index (Phi) is 12.9. The molecule has 0 aliphatic carbocycles. The largest absolute Gasteiger partial charge is 0.368 e. The number of anilines is 2. The highest BCUT2D eigenvalue weighted by Gasteiger charge is 2.20. The van der Waals surface area contributed by atoms with Gasteiger partial charge in [0.1, 0.15) is 0 Å². The number of piperazine rings is 1. The van der Waals surface area contributed by atoms with E-state index in [4.69, 9.17) is 0 Å². The average Bonchev–Trinajstić information content (AvgIpc) is 2.82. The van der Waals surface area contributed by atoms with Gasteiger partial charge in [0.15, 0.2) is 0 Å². The van der Waals surface area contributed by atoms with E-state index in [1.165, 1.54) is 44.9 Å². The lowest BCUT2D eigenvalue weighted by molar-refractivity contribution is -0.131. The molecule has 2 rings (SSSR count). The number of amides is 2. The van der Waals surface area contributed by atoms with Gasteiger partial charge in [-0.2, -0.15) is 0 Å². The molecule has 1 N–H and O–H groups in total. The summed E-state index contributed by atoms with van der Waals surface area (Å²) < 4.78 is 0. The fourth-order valence-corrected chi connectivity index (χ4v) is 4.28. The summed E-state index contributed by atoms with van der Waals surface area (Å²) in [5.41, 5.74) is 2.02. The van der Waals surface area contributed by atoms with Gasteiger partial charge in [-0.25, -0.2) is 0 Å². The molecular weight excluding hydrogens is 398 g/mol. The van der Waals surface area contributed by atoms with Gasteiger partial charge in [-0.3, -0.25) is 9.59 Å². The molecule has 32 heavy (non-hydrogen) atoms. The number of hydrogen-bond acceptors (Lipinski definition) is 3. The number of unbranched alkanes of at least 4 members (excludes halogenated alkanes) is 9. The number of nitrogens with zero attached hydrogens (tertiary/aromatic N) is 2. The van der Waals surface area contributed by atoms with Gasteiger partial charge >= 0.3 is 0 Å². The fourth-order valence-electron chi connectivity index (χ4n) is 4.28. The van der Waals surface area contributed by atoms with Crippen molar-refractivity contribution in [3.8, 4) is 0 Å². The third-order valence-corrected chi connectivity index (χ3v) is 6.40. The van der Waals surface area contributed by atoms with E-state index in [1.807, 2.05) is 17.0 Å². The minimum atomic E-state index is 0.111. The van der Waals surface area contributed by atoms with Gasteiger partial charge in [-0.05, 0) is 37.1 Å². The molecule has 180 valence electrons. The molecule has 1 aliphatic rings. The molecule has 0 unspecified atom stereocenters. The predicted octanol–water partition coefficient (Wildman–Crippen LogP) is 6.38. The second-order valence-electron chi connectivity index (χ2n) is 9.14. The normalized spacial score (nSPS) is 13.9. The number of carbonyl (C=O) groups excluding carboxylic acids is 2. The predicted molar refractivity (Wildman–Crippen MR) is 135 cm³/mol. The van der Waals surface area contributed by atoms with E-state index in [2.05, 4.69) is 36.2 Å². The smallest absolute Gasteiger partial charge is 0.224 e. The molecule has 0 atom stereocenters. The first-order valence-electron chi connectivity index (χ1n) is 13.1. The van der Waals surface area contributed by atoms with Crippen molar-refractivity contribution >= 4 is 23.2 Å². The van der Waals surface area contributed by atoms with E-state index >= 15 is 0 Å². The summed E-state index contributed by atoms with van der Waals surface area (Å²) in [6, 6.07) is 8.12. The van der Waals surface area contributed by atoms with E-state index in [9.17, 15) is 9.59 Å². The van der Waals surface area contributed by atoms with Crippen molar-refractivity contribution < 1.29 is 9.59 Å². The molecule has 2 amide bonds. The van der Waals surface area contributed by atoms with Crippen LogP contribution in [0, 0.1) is 0 Å². The Hall–Kier alpha value is -2.04. The Morgan fingerprint density at radius 3 is 1.88 bits per heavy atom. The Morgan fingerprint density at radius 2 is 1.28 bits per heavy atom. The zero-order valence-corrected chi connectivity index (χ0v) is 20.5.